The van der Waals surface area contributed by atoms with E-state index in [0.29, 0.717) is 11.3 Å². The Morgan fingerprint density at radius 2 is 1.66 bits per heavy atom. The topological polar surface area (TPSA) is 96.0 Å². The van der Waals surface area contributed by atoms with Crippen LogP contribution in [0.1, 0.15) is 44.6 Å². The van der Waals surface area contributed by atoms with Gasteiger partial charge in [-0.15, -0.1) is 0 Å². The van der Waals surface area contributed by atoms with Gasteiger partial charge in [0, 0.05) is 12.6 Å². The molecule has 41 heavy (non-hydrogen) atoms. The first-order valence-corrected chi connectivity index (χ1v) is 15.2. The first-order valence-electron chi connectivity index (χ1n) is 13.8. The quantitative estimate of drug-likeness (QED) is 0.348. The number of carbonyl (C=O) groups is 2. The minimum Gasteiger partial charge on any atom is -0.497 e. The average molecular weight is 582 g/mol. The van der Waals surface area contributed by atoms with Gasteiger partial charge in [0.15, 0.2) is 0 Å². The lowest BCUT2D eigenvalue weighted by Gasteiger charge is -2.33. The van der Waals surface area contributed by atoms with Gasteiger partial charge in [-0.25, -0.2) is 12.8 Å². The number of anilines is 1. The van der Waals surface area contributed by atoms with Crippen LogP contribution in [0.15, 0.2) is 83.8 Å². The molecule has 1 fully saturated rings. The van der Waals surface area contributed by atoms with Crippen LogP contribution in [0.5, 0.6) is 5.75 Å². The van der Waals surface area contributed by atoms with E-state index in [1.807, 2.05) is 0 Å². The molecular formula is C31H36FN3O5S. The predicted octanol–water partition coefficient (Wildman–Crippen LogP) is 4.90. The lowest BCUT2D eigenvalue weighted by atomic mass is 9.95. The summed E-state index contributed by atoms with van der Waals surface area (Å²) in [5.74, 6) is -1.19. The third kappa shape index (κ3) is 7.43. The number of hydrogen-bond acceptors (Lipinski definition) is 5. The largest absolute Gasteiger partial charge is 0.497 e. The summed E-state index contributed by atoms with van der Waals surface area (Å²) in [5.41, 5.74) is 0.434. The number of nitrogens with one attached hydrogen (secondary N) is 1. The lowest BCUT2D eigenvalue weighted by molar-refractivity contribution is -0.139. The Labute approximate surface area is 241 Å². The number of sulfonamides is 1. The van der Waals surface area contributed by atoms with Gasteiger partial charge in [-0.3, -0.25) is 13.9 Å². The maximum atomic E-state index is 15.0. The van der Waals surface area contributed by atoms with Crippen molar-refractivity contribution in [2.45, 2.75) is 62.6 Å². The molecule has 3 aromatic carbocycles. The third-order valence-corrected chi connectivity index (χ3v) is 9.11. The number of methoxy groups -OCH3 is 1. The van der Waals surface area contributed by atoms with Crippen molar-refractivity contribution in [3.8, 4) is 5.75 Å². The van der Waals surface area contributed by atoms with Crippen LogP contribution in [0.2, 0.25) is 0 Å². The molecule has 2 amide bonds. The summed E-state index contributed by atoms with van der Waals surface area (Å²) in [6.45, 7) is 0.935. The summed E-state index contributed by atoms with van der Waals surface area (Å²) in [6, 6.07) is 19.2. The summed E-state index contributed by atoms with van der Waals surface area (Å²) in [4.78, 5) is 28.6. The van der Waals surface area contributed by atoms with E-state index in [4.69, 9.17) is 4.74 Å². The molecule has 1 aliphatic carbocycles. The monoisotopic (exact) mass is 581 g/mol. The molecule has 3 aromatic rings. The Hall–Kier alpha value is -3.92. The van der Waals surface area contributed by atoms with E-state index in [0.717, 1.165) is 42.5 Å². The van der Waals surface area contributed by atoms with Gasteiger partial charge in [-0.1, -0.05) is 61.7 Å². The van der Waals surface area contributed by atoms with Gasteiger partial charge in [0.25, 0.3) is 10.0 Å². The number of nitrogens with zero attached hydrogens (tertiary/aromatic N) is 2. The van der Waals surface area contributed by atoms with Crippen LogP contribution >= 0.6 is 0 Å². The second-order valence-corrected chi connectivity index (χ2v) is 12.0. The molecule has 0 aliphatic heterocycles. The molecule has 0 heterocycles. The van der Waals surface area contributed by atoms with Gasteiger partial charge < -0.3 is 15.0 Å². The Morgan fingerprint density at radius 3 is 2.34 bits per heavy atom. The van der Waals surface area contributed by atoms with E-state index >= 15 is 4.39 Å². The molecule has 4 rings (SSSR count). The average Bonchev–Trinajstić information content (AvgIpc) is 2.99. The number of ether oxygens (including phenoxy) is 1. The lowest BCUT2D eigenvalue weighted by Crippen LogP contribution is -2.53. The van der Waals surface area contributed by atoms with Crippen LogP contribution < -0.4 is 14.4 Å². The van der Waals surface area contributed by atoms with E-state index in [1.54, 1.807) is 49.4 Å². The molecular weight excluding hydrogens is 545 g/mol. The van der Waals surface area contributed by atoms with E-state index in [9.17, 15) is 18.0 Å². The van der Waals surface area contributed by atoms with Gasteiger partial charge in [0.2, 0.25) is 11.8 Å². The van der Waals surface area contributed by atoms with E-state index in [1.165, 1.54) is 42.3 Å². The highest BCUT2D eigenvalue weighted by Gasteiger charge is 2.34. The molecule has 0 aromatic heterocycles. The first-order chi connectivity index (χ1) is 19.7. The van der Waals surface area contributed by atoms with Crippen molar-refractivity contribution in [3.63, 3.8) is 0 Å². The number of benzene rings is 3. The Morgan fingerprint density at radius 1 is 0.976 bits per heavy atom. The smallest absolute Gasteiger partial charge is 0.264 e. The highest BCUT2D eigenvalue weighted by molar-refractivity contribution is 7.92. The zero-order valence-electron chi connectivity index (χ0n) is 23.3. The Kier molecular flexibility index (Phi) is 9.99. The summed E-state index contributed by atoms with van der Waals surface area (Å²) in [6.07, 6.45) is 4.93. The van der Waals surface area contributed by atoms with Crippen LogP contribution in [0, 0.1) is 5.82 Å². The van der Waals surface area contributed by atoms with Crippen LogP contribution in [-0.2, 0) is 26.2 Å². The minimum atomic E-state index is -4.33. The summed E-state index contributed by atoms with van der Waals surface area (Å²) >= 11 is 0. The van der Waals surface area contributed by atoms with Crippen molar-refractivity contribution in [1.82, 2.24) is 10.2 Å². The fraction of sp³-hybridized carbons (Fsp3) is 0.355. The number of para-hydroxylation sites is 1. The van der Waals surface area contributed by atoms with Gasteiger partial charge >= 0.3 is 0 Å². The second-order valence-electron chi connectivity index (χ2n) is 10.2. The number of carbonyl (C=O) groups excluding carboxylic acids is 2. The van der Waals surface area contributed by atoms with E-state index in [-0.39, 0.29) is 29.1 Å². The van der Waals surface area contributed by atoms with Crippen LogP contribution in [-0.4, -0.2) is 50.9 Å². The Bertz CT molecular complexity index is 1440. The maximum absolute atomic E-state index is 15.0. The Balaban J connectivity index is 1.68. The molecule has 218 valence electrons. The molecule has 1 aliphatic rings. The zero-order valence-corrected chi connectivity index (χ0v) is 24.1. The van der Waals surface area contributed by atoms with Crippen molar-refractivity contribution in [1.29, 1.82) is 0 Å². The predicted molar refractivity (Wildman–Crippen MR) is 155 cm³/mol. The van der Waals surface area contributed by atoms with Gasteiger partial charge in [0.1, 0.15) is 24.2 Å². The normalized spacial score (nSPS) is 14.6. The molecule has 0 spiro atoms. The molecule has 1 atom stereocenters. The van der Waals surface area contributed by atoms with Crippen LogP contribution in [0.3, 0.4) is 0 Å². The standard InChI is InChI=1S/C31H36FN3O5S/c1-23(31(37)33-25-13-5-3-6-14-25)34(21-24-12-11-15-26(20-24)40-2)30(36)22-35(29-19-10-9-18-28(29)32)41(38,39)27-16-7-4-8-17-27/h4,7-12,15-20,23,25H,3,5-6,13-14,21-22H2,1-2H3,(H,33,37)/t23-/m1/s1. The first kappa shape index (κ1) is 30.0. The van der Waals surface area contributed by atoms with Crippen LogP contribution in [0.4, 0.5) is 10.1 Å². The minimum absolute atomic E-state index is 0.0196. The van der Waals surface area contributed by atoms with Crippen molar-refractivity contribution in [2.75, 3.05) is 18.0 Å². The van der Waals surface area contributed by atoms with Gasteiger partial charge in [0.05, 0.1) is 17.7 Å². The molecule has 1 saturated carbocycles. The third-order valence-electron chi connectivity index (χ3n) is 7.34. The van der Waals surface area contributed by atoms with E-state index in [2.05, 4.69) is 5.32 Å². The van der Waals surface area contributed by atoms with Crippen molar-refractivity contribution < 1.29 is 27.1 Å². The maximum Gasteiger partial charge on any atom is 0.264 e. The molecule has 10 heteroatoms. The highest BCUT2D eigenvalue weighted by atomic mass is 32.2. The van der Waals surface area contributed by atoms with Crippen molar-refractivity contribution >= 4 is 27.5 Å². The highest BCUT2D eigenvalue weighted by Crippen LogP contribution is 2.27. The fourth-order valence-corrected chi connectivity index (χ4v) is 6.45. The zero-order chi connectivity index (χ0) is 29.4. The second kappa shape index (κ2) is 13.6. The fourth-order valence-electron chi connectivity index (χ4n) is 5.01. The van der Waals surface area contributed by atoms with E-state index < -0.39 is 34.3 Å². The molecule has 0 bridgehead atoms. The SMILES string of the molecule is COc1cccc(CN(C(=O)CN(c2ccccc2F)S(=O)(=O)c2ccccc2)[C@H](C)C(=O)NC2CCCCC2)c1. The molecule has 0 radical (unpaired) electrons. The number of halogens is 1. The van der Waals surface area contributed by atoms with Gasteiger partial charge in [-0.05, 0) is 61.7 Å². The molecule has 0 unspecified atom stereocenters. The summed E-state index contributed by atoms with van der Waals surface area (Å²) in [7, 11) is -2.80. The van der Waals surface area contributed by atoms with Gasteiger partial charge in [-0.2, -0.15) is 0 Å². The molecule has 8 nitrogen and oxygen atoms in total. The number of amides is 2. The summed E-state index contributed by atoms with van der Waals surface area (Å²) < 4.78 is 48.6. The number of rotatable bonds is 11. The summed E-state index contributed by atoms with van der Waals surface area (Å²) in [5, 5.41) is 3.06. The molecule has 0 saturated heterocycles. The van der Waals surface area contributed by atoms with Crippen molar-refractivity contribution in [2.24, 2.45) is 0 Å². The van der Waals surface area contributed by atoms with Crippen LogP contribution in [0.25, 0.3) is 0 Å². The molecule has 1 N–H and O–H groups in total. The van der Waals surface area contributed by atoms with Crippen molar-refractivity contribution in [3.05, 3.63) is 90.2 Å². The number of hydrogen-bond donors (Lipinski definition) is 1.